The van der Waals surface area contributed by atoms with Gasteiger partial charge in [0.05, 0.1) is 4.92 Å². The molecule has 5 rings (SSSR count). The van der Waals surface area contributed by atoms with Crippen molar-refractivity contribution >= 4 is 40.8 Å². The van der Waals surface area contributed by atoms with Crippen molar-refractivity contribution in [2.24, 2.45) is 0 Å². The van der Waals surface area contributed by atoms with E-state index in [2.05, 4.69) is 10.6 Å². The summed E-state index contributed by atoms with van der Waals surface area (Å²) in [4.78, 5) is 75.3. The Kier molecular flexibility index (Phi) is 5.40. The van der Waals surface area contributed by atoms with Crippen LogP contribution in [0.3, 0.4) is 0 Å². The molecule has 1 aliphatic carbocycles. The van der Waals surface area contributed by atoms with Crippen molar-refractivity contribution in [3.8, 4) is 0 Å². The summed E-state index contributed by atoms with van der Waals surface area (Å²) >= 11 is 0. The molecule has 1 unspecified atom stereocenters. The summed E-state index contributed by atoms with van der Waals surface area (Å²) in [5.74, 6) is -2.14. The normalized spacial score (nSPS) is 18.2. The van der Waals surface area contributed by atoms with Crippen molar-refractivity contribution in [1.82, 2.24) is 10.2 Å². The van der Waals surface area contributed by atoms with E-state index >= 15 is 0 Å². The summed E-state index contributed by atoms with van der Waals surface area (Å²) in [6.45, 7) is 0.760. The first kappa shape index (κ1) is 23.5. The zero-order valence-electron chi connectivity index (χ0n) is 19.3. The first-order chi connectivity index (χ1) is 17.6. The molecule has 37 heavy (non-hydrogen) atoms. The predicted octanol–water partition coefficient (Wildman–Crippen LogP) is 2.78. The van der Waals surface area contributed by atoms with E-state index in [-0.39, 0.29) is 45.2 Å². The molecule has 0 bridgehead atoms. The molecule has 1 heterocycles. The maximum absolute atomic E-state index is 13.1. The fourth-order valence-electron chi connectivity index (χ4n) is 4.49. The van der Waals surface area contributed by atoms with Gasteiger partial charge in [0.15, 0.2) is 11.6 Å². The molecule has 0 saturated carbocycles. The molecular formula is C26H18N4O7. The number of hydrogen-bond donors (Lipinski definition) is 2. The highest BCUT2D eigenvalue weighted by Gasteiger charge is 2.50. The van der Waals surface area contributed by atoms with Crippen LogP contribution in [0.4, 0.5) is 16.2 Å². The molecule has 4 amide bonds. The number of anilines is 1. The van der Waals surface area contributed by atoms with Crippen LogP contribution in [-0.2, 0) is 15.1 Å². The quantitative estimate of drug-likeness (QED) is 0.243. The number of nitro groups is 1. The molecule has 1 fully saturated rings. The number of nitro benzene ring substituents is 1. The molecule has 3 aromatic carbocycles. The van der Waals surface area contributed by atoms with Crippen LogP contribution >= 0.6 is 0 Å². The first-order valence-corrected chi connectivity index (χ1v) is 11.1. The topological polar surface area (TPSA) is 156 Å². The number of non-ortho nitro benzene ring substituents is 1. The number of amides is 4. The Balaban J connectivity index is 1.34. The summed E-state index contributed by atoms with van der Waals surface area (Å²) in [5.41, 5.74) is -0.530. The van der Waals surface area contributed by atoms with Gasteiger partial charge in [-0.1, -0.05) is 36.4 Å². The molecule has 1 aliphatic heterocycles. The SMILES string of the molecule is CC1(c2cccc([N+](=O)[O-])c2)NC(=O)N(CC(=O)Nc2ccc3c(c2)C(=O)c2ccccc2C3=O)C1=O. The number of nitrogens with zero attached hydrogens (tertiary/aromatic N) is 2. The summed E-state index contributed by atoms with van der Waals surface area (Å²) in [6.07, 6.45) is 0. The second-order valence-electron chi connectivity index (χ2n) is 8.77. The zero-order chi connectivity index (χ0) is 26.5. The Morgan fingerprint density at radius 3 is 2.24 bits per heavy atom. The van der Waals surface area contributed by atoms with Crippen molar-refractivity contribution in [2.45, 2.75) is 12.5 Å². The Morgan fingerprint density at radius 2 is 1.57 bits per heavy atom. The fourth-order valence-corrected chi connectivity index (χ4v) is 4.49. The monoisotopic (exact) mass is 498 g/mol. The van der Waals surface area contributed by atoms with E-state index in [1.54, 1.807) is 24.3 Å². The van der Waals surface area contributed by atoms with E-state index in [0.717, 1.165) is 0 Å². The van der Waals surface area contributed by atoms with Crippen LogP contribution in [0, 0.1) is 10.1 Å². The predicted molar refractivity (Wildman–Crippen MR) is 129 cm³/mol. The minimum Gasteiger partial charge on any atom is -0.325 e. The van der Waals surface area contributed by atoms with Gasteiger partial charge in [-0.2, -0.15) is 0 Å². The Bertz CT molecular complexity index is 1560. The lowest BCUT2D eigenvalue weighted by molar-refractivity contribution is -0.385. The summed E-state index contributed by atoms with van der Waals surface area (Å²) in [6, 6.07) is 15.2. The standard InChI is InChI=1S/C26H18N4O7/c1-26(14-5-4-6-16(11-14)30(36)37)24(34)29(25(35)28-26)13-21(31)27-15-9-10-19-20(12-15)23(33)18-8-3-2-7-17(18)22(19)32/h2-12H,13H2,1H3,(H,27,31)(H,28,35). The third-order valence-electron chi connectivity index (χ3n) is 6.42. The third-order valence-corrected chi connectivity index (χ3v) is 6.42. The number of hydrogen-bond acceptors (Lipinski definition) is 7. The van der Waals surface area contributed by atoms with E-state index in [4.69, 9.17) is 0 Å². The van der Waals surface area contributed by atoms with Crippen LogP contribution in [0.15, 0.2) is 66.7 Å². The van der Waals surface area contributed by atoms with Gasteiger partial charge in [-0.15, -0.1) is 0 Å². The van der Waals surface area contributed by atoms with Gasteiger partial charge in [0.25, 0.3) is 11.6 Å². The Labute approximate surface area is 209 Å². The number of carbonyl (C=O) groups excluding carboxylic acids is 5. The molecule has 184 valence electrons. The largest absolute Gasteiger partial charge is 0.325 e. The van der Waals surface area contributed by atoms with Gasteiger partial charge >= 0.3 is 6.03 Å². The Morgan fingerprint density at radius 1 is 0.919 bits per heavy atom. The smallest absolute Gasteiger partial charge is 0.325 e. The van der Waals surface area contributed by atoms with Crippen LogP contribution in [-0.4, -0.2) is 45.8 Å². The molecule has 0 radical (unpaired) electrons. The minimum atomic E-state index is -1.60. The first-order valence-electron chi connectivity index (χ1n) is 11.1. The molecule has 11 heteroatoms. The minimum absolute atomic E-state index is 0.134. The summed E-state index contributed by atoms with van der Waals surface area (Å²) in [5, 5.41) is 16.2. The lowest BCUT2D eigenvalue weighted by Crippen LogP contribution is -2.42. The van der Waals surface area contributed by atoms with Crippen molar-refractivity contribution in [1.29, 1.82) is 0 Å². The van der Waals surface area contributed by atoms with Gasteiger partial charge in [-0.3, -0.25) is 34.2 Å². The average molecular weight is 498 g/mol. The van der Waals surface area contributed by atoms with Crippen LogP contribution < -0.4 is 10.6 Å². The summed E-state index contributed by atoms with van der Waals surface area (Å²) in [7, 11) is 0. The van der Waals surface area contributed by atoms with Gasteiger partial charge in [-0.05, 0) is 30.7 Å². The molecule has 2 N–H and O–H groups in total. The van der Waals surface area contributed by atoms with Crippen LogP contribution in [0.1, 0.15) is 44.3 Å². The average Bonchev–Trinajstić information content (AvgIpc) is 3.11. The van der Waals surface area contributed by atoms with Crippen LogP contribution in [0.25, 0.3) is 0 Å². The molecule has 1 atom stereocenters. The number of rotatable bonds is 5. The number of nitrogens with one attached hydrogen (secondary N) is 2. The molecule has 1 saturated heterocycles. The lowest BCUT2D eigenvalue weighted by atomic mass is 9.84. The van der Waals surface area contributed by atoms with Crippen molar-refractivity contribution in [2.75, 3.05) is 11.9 Å². The number of urea groups is 1. The molecule has 3 aromatic rings. The van der Waals surface area contributed by atoms with E-state index in [1.165, 1.54) is 49.4 Å². The highest BCUT2D eigenvalue weighted by Crippen LogP contribution is 2.32. The van der Waals surface area contributed by atoms with Gasteiger partial charge in [0.1, 0.15) is 12.1 Å². The maximum Gasteiger partial charge on any atom is 0.325 e. The number of fused-ring (bicyclic) bond motifs is 2. The second kappa shape index (κ2) is 8.48. The van der Waals surface area contributed by atoms with E-state index in [1.807, 2.05) is 0 Å². The molecule has 2 aliphatic rings. The van der Waals surface area contributed by atoms with Gasteiger partial charge in [0.2, 0.25) is 5.91 Å². The molecule has 0 spiro atoms. The number of benzene rings is 3. The maximum atomic E-state index is 13.1. The van der Waals surface area contributed by atoms with E-state index in [9.17, 15) is 34.1 Å². The molecule has 11 nitrogen and oxygen atoms in total. The van der Waals surface area contributed by atoms with Crippen molar-refractivity contribution in [3.63, 3.8) is 0 Å². The number of imide groups is 1. The van der Waals surface area contributed by atoms with E-state index in [0.29, 0.717) is 10.5 Å². The lowest BCUT2D eigenvalue weighted by Gasteiger charge is -2.22. The Hall–Kier alpha value is -5.19. The van der Waals surface area contributed by atoms with E-state index < -0.39 is 34.9 Å². The number of ketones is 2. The van der Waals surface area contributed by atoms with Crippen LogP contribution in [0.2, 0.25) is 0 Å². The highest BCUT2D eigenvalue weighted by molar-refractivity contribution is 6.28. The molecule has 0 aromatic heterocycles. The van der Waals surface area contributed by atoms with Crippen molar-refractivity contribution < 1.29 is 28.9 Å². The zero-order valence-corrected chi connectivity index (χ0v) is 19.3. The van der Waals surface area contributed by atoms with Gasteiger partial charge in [0, 0.05) is 40.1 Å². The molecular weight excluding hydrogens is 480 g/mol. The second-order valence-corrected chi connectivity index (χ2v) is 8.77. The van der Waals surface area contributed by atoms with Gasteiger partial charge < -0.3 is 10.6 Å². The van der Waals surface area contributed by atoms with Gasteiger partial charge in [-0.25, -0.2) is 4.79 Å². The number of carbonyl (C=O) groups is 5. The van der Waals surface area contributed by atoms with Crippen molar-refractivity contribution in [3.05, 3.63) is 105 Å². The summed E-state index contributed by atoms with van der Waals surface area (Å²) < 4.78 is 0. The third kappa shape index (κ3) is 3.82. The highest BCUT2D eigenvalue weighted by atomic mass is 16.6. The fraction of sp³-hybridized carbons (Fsp3) is 0.115. The van der Waals surface area contributed by atoms with Crippen LogP contribution in [0.5, 0.6) is 0 Å².